The van der Waals surface area contributed by atoms with Gasteiger partial charge in [0.25, 0.3) is 0 Å². The Morgan fingerprint density at radius 1 is 1.04 bits per heavy atom. The van der Waals surface area contributed by atoms with Crippen molar-refractivity contribution < 1.29 is 0 Å². The van der Waals surface area contributed by atoms with Crippen LogP contribution in [0.5, 0.6) is 0 Å². The van der Waals surface area contributed by atoms with Gasteiger partial charge in [-0.3, -0.25) is 4.99 Å². The van der Waals surface area contributed by atoms with Gasteiger partial charge in [-0.1, -0.05) is 13.8 Å². The fourth-order valence-electron chi connectivity index (χ4n) is 3.55. The lowest BCUT2D eigenvalue weighted by Gasteiger charge is -2.34. The first-order valence-corrected chi connectivity index (χ1v) is 11.4. The van der Waals surface area contributed by atoms with E-state index in [-0.39, 0.29) is 0 Å². The highest BCUT2D eigenvalue weighted by Crippen LogP contribution is 2.21. The van der Waals surface area contributed by atoms with Gasteiger partial charge >= 0.3 is 0 Å². The number of unbranched alkanes of at least 4 members (excludes halogenated alkanes) is 1. The van der Waals surface area contributed by atoms with Crippen molar-refractivity contribution >= 4 is 17.7 Å². The first-order chi connectivity index (χ1) is 12.3. The topological polar surface area (TPSA) is 34.1 Å². The van der Waals surface area contributed by atoms with Crippen molar-refractivity contribution in [2.24, 2.45) is 4.99 Å². The predicted octanol–water partition coefficient (Wildman–Crippen LogP) is 2.20. The number of nitrogens with zero attached hydrogens (tertiary/aromatic N) is 4. The maximum atomic E-state index is 4.91. The second-order valence-electron chi connectivity index (χ2n) is 7.07. The van der Waals surface area contributed by atoms with Crippen LogP contribution >= 0.6 is 11.8 Å². The molecule has 2 heterocycles. The van der Waals surface area contributed by atoms with Gasteiger partial charge in [0.1, 0.15) is 0 Å². The summed E-state index contributed by atoms with van der Waals surface area (Å²) in [5.41, 5.74) is 0. The molecule has 0 amide bonds. The van der Waals surface area contributed by atoms with Gasteiger partial charge in [-0.2, -0.15) is 11.8 Å². The molecule has 0 aromatic heterocycles. The smallest absolute Gasteiger partial charge is 0.193 e. The Balaban J connectivity index is 1.67. The SMILES string of the molecule is CCNC(=NCCCCN1CCN(CC)CC1)N1CCSC(CC)C1. The van der Waals surface area contributed by atoms with Crippen molar-refractivity contribution in [3.05, 3.63) is 0 Å². The number of guanidine groups is 1. The Kier molecular flexibility index (Phi) is 10.0. The number of thioether (sulfide) groups is 1. The molecule has 5 nitrogen and oxygen atoms in total. The van der Waals surface area contributed by atoms with E-state index in [4.69, 9.17) is 4.99 Å². The molecule has 2 rings (SSSR count). The van der Waals surface area contributed by atoms with Crippen LogP contribution in [0.3, 0.4) is 0 Å². The zero-order valence-electron chi connectivity index (χ0n) is 16.7. The molecule has 1 N–H and O–H groups in total. The highest BCUT2D eigenvalue weighted by atomic mass is 32.2. The Labute approximate surface area is 159 Å². The summed E-state index contributed by atoms with van der Waals surface area (Å²) in [4.78, 5) is 12.5. The molecule has 6 heteroatoms. The molecule has 0 saturated carbocycles. The lowest BCUT2D eigenvalue weighted by atomic mass is 10.2. The molecule has 2 fully saturated rings. The van der Waals surface area contributed by atoms with Gasteiger partial charge in [0.15, 0.2) is 5.96 Å². The summed E-state index contributed by atoms with van der Waals surface area (Å²) in [5.74, 6) is 2.37. The zero-order valence-corrected chi connectivity index (χ0v) is 17.5. The third-order valence-electron chi connectivity index (χ3n) is 5.28. The summed E-state index contributed by atoms with van der Waals surface area (Å²) < 4.78 is 0. The van der Waals surface area contributed by atoms with E-state index >= 15 is 0 Å². The van der Waals surface area contributed by atoms with Crippen LogP contribution in [-0.2, 0) is 0 Å². The van der Waals surface area contributed by atoms with Crippen molar-refractivity contribution in [1.29, 1.82) is 0 Å². The van der Waals surface area contributed by atoms with E-state index in [1.54, 1.807) is 0 Å². The number of hydrogen-bond acceptors (Lipinski definition) is 4. The van der Waals surface area contributed by atoms with Gasteiger partial charge in [-0.25, -0.2) is 0 Å². The molecule has 2 aliphatic heterocycles. The number of aliphatic imine (C=N–C) groups is 1. The van der Waals surface area contributed by atoms with Crippen molar-refractivity contribution in [2.75, 3.05) is 71.2 Å². The fraction of sp³-hybridized carbons (Fsp3) is 0.947. The maximum Gasteiger partial charge on any atom is 0.193 e. The minimum absolute atomic E-state index is 0.763. The monoisotopic (exact) mass is 369 g/mol. The van der Waals surface area contributed by atoms with E-state index in [0.29, 0.717) is 0 Å². The van der Waals surface area contributed by atoms with Crippen molar-refractivity contribution in [3.8, 4) is 0 Å². The van der Waals surface area contributed by atoms with Gasteiger partial charge in [-0.15, -0.1) is 0 Å². The molecular weight excluding hydrogens is 330 g/mol. The summed E-state index contributed by atoms with van der Waals surface area (Å²) >= 11 is 2.12. The molecule has 0 aliphatic carbocycles. The fourth-order valence-corrected chi connectivity index (χ4v) is 4.73. The van der Waals surface area contributed by atoms with Crippen LogP contribution in [-0.4, -0.2) is 97.1 Å². The van der Waals surface area contributed by atoms with E-state index in [1.165, 1.54) is 64.3 Å². The minimum atomic E-state index is 0.763. The van der Waals surface area contributed by atoms with Crippen LogP contribution in [0.15, 0.2) is 4.99 Å². The highest BCUT2D eigenvalue weighted by Gasteiger charge is 2.21. The lowest BCUT2D eigenvalue weighted by molar-refractivity contribution is 0.136. The molecule has 0 aromatic carbocycles. The molecule has 0 spiro atoms. The van der Waals surface area contributed by atoms with E-state index in [1.807, 2.05) is 0 Å². The Morgan fingerprint density at radius 2 is 1.80 bits per heavy atom. The molecule has 0 radical (unpaired) electrons. The number of rotatable bonds is 8. The molecule has 2 saturated heterocycles. The van der Waals surface area contributed by atoms with Crippen LogP contribution < -0.4 is 5.32 Å². The number of piperazine rings is 1. The van der Waals surface area contributed by atoms with E-state index in [0.717, 1.165) is 37.4 Å². The number of nitrogens with one attached hydrogen (secondary N) is 1. The average molecular weight is 370 g/mol. The standard InChI is InChI=1S/C19H39N5S/c1-4-18-17-24(15-16-25-18)19(20-5-2)21-9-7-8-10-23-13-11-22(6-3)12-14-23/h18H,4-17H2,1-3H3,(H,20,21). The van der Waals surface area contributed by atoms with Crippen LogP contribution in [0.1, 0.15) is 40.0 Å². The van der Waals surface area contributed by atoms with Gasteiger partial charge in [0.05, 0.1) is 0 Å². The number of hydrogen-bond donors (Lipinski definition) is 1. The first-order valence-electron chi connectivity index (χ1n) is 10.4. The van der Waals surface area contributed by atoms with Gasteiger partial charge < -0.3 is 20.0 Å². The molecule has 1 atom stereocenters. The van der Waals surface area contributed by atoms with E-state index in [2.05, 4.69) is 52.5 Å². The normalized spacial score (nSPS) is 23.9. The van der Waals surface area contributed by atoms with E-state index < -0.39 is 0 Å². The second-order valence-corrected chi connectivity index (χ2v) is 8.47. The zero-order chi connectivity index (χ0) is 17.9. The number of likely N-dealkylation sites (N-methyl/N-ethyl adjacent to an activating group) is 1. The van der Waals surface area contributed by atoms with Crippen LogP contribution in [0.25, 0.3) is 0 Å². The Bertz CT molecular complexity index is 382. The Hall–Kier alpha value is -0.460. The first kappa shape index (κ1) is 20.8. The van der Waals surface area contributed by atoms with Crippen molar-refractivity contribution in [2.45, 2.75) is 45.3 Å². The average Bonchev–Trinajstić information content (AvgIpc) is 2.67. The predicted molar refractivity (Wildman–Crippen MR) is 112 cm³/mol. The van der Waals surface area contributed by atoms with Crippen LogP contribution in [0.4, 0.5) is 0 Å². The van der Waals surface area contributed by atoms with Gasteiger partial charge in [0.2, 0.25) is 0 Å². The maximum absolute atomic E-state index is 4.91. The quantitative estimate of drug-likeness (QED) is 0.403. The summed E-state index contributed by atoms with van der Waals surface area (Å²) in [7, 11) is 0. The minimum Gasteiger partial charge on any atom is -0.357 e. The summed E-state index contributed by atoms with van der Waals surface area (Å²) in [6, 6.07) is 0. The third-order valence-corrected chi connectivity index (χ3v) is 6.66. The summed E-state index contributed by atoms with van der Waals surface area (Å²) in [6.45, 7) is 18.3. The Morgan fingerprint density at radius 3 is 2.48 bits per heavy atom. The molecule has 0 bridgehead atoms. The summed E-state index contributed by atoms with van der Waals surface area (Å²) in [5, 5.41) is 4.26. The highest BCUT2D eigenvalue weighted by molar-refractivity contribution is 8.00. The molecule has 25 heavy (non-hydrogen) atoms. The molecule has 146 valence electrons. The van der Waals surface area contributed by atoms with Crippen molar-refractivity contribution in [3.63, 3.8) is 0 Å². The lowest BCUT2D eigenvalue weighted by Crippen LogP contribution is -2.48. The van der Waals surface area contributed by atoms with Gasteiger partial charge in [-0.05, 0) is 39.3 Å². The third kappa shape index (κ3) is 7.35. The molecule has 1 unspecified atom stereocenters. The molecule has 0 aromatic rings. The van der Waals surface area contributed by atoms with Crippen molar-refractivity contribution in [1.82, 2.24) is 20.0 Å². The molecule has 2 aliphatic rings. The van der Waals surface area contributed by atoms with Crippen LogP contribution in [0.2, 0.25) is 0 Å². The second kappa shape index (κ2) is 12.0. The van der Waals surface area contributed by atoms with E-state index in [9.17, 15) is 0 Å². The van der Waals surface area contributed by atoms with Gasteiger partial charge in [0, 0.05) is 63.4 Å². The largest absolute Gasteiger partial charge is 0.357 e. The van der Waals surface area contributed by atoms with Crippen LogP contribution in [0, 0.1) is 0 Å². The molecular formula is C19H39N5S. The summed E-state index contributed by atoms with van der Waals surface area (Å²) in [6.07, 6.45) is 3.72.